The maximum Gasteiger partial charge on any atom is 0.120 e. The average Bonchev–Trinajstić information content (AvgIpc) is 3.00. The van der Waals surface area contributed by atoms with Crippen LogP contribution in [0.5, 0.6) is 5.75 Å². The molecule has 1 N–H and O–H groups in total. The fourth-order valence-electron chi connectivity index (χ4n) is 2.16. The van der Waals surface area contributed by atoms with Crippen LogP contribution in [0, 0.1) is 11.8 Å². The van der Waals surface area contributed by atoms with E-state index in [0.29, 0.717) is 12.6 Å². The van der Waals surface area contributed by atoms with Crippen molar-refractivity contribution in [2.75, 3.05) is 40.0 Å². The second-order valence-corrected chi connectivity index (χ2v) is 4.83. The molecule has 4 nitrogen and oxygen atoms in total. The molecule has 1 atom stereocenters. The molecule has 0 bridgehead atoms. The molecule has 1 aliphatic rings. The first-order chi connectivity index (χ1) is 9.79. The molecule has 0 aliphatic carbocycles. The number of rotatable bonds is 5. The molecule has 1 unspecified atom stereocenters. The molecule has 1 aliphatic heterocycles. The van der Waals surface area contributed by atoms with Crippen molar-refractivity contribution < 1.29 is 14.6 Å². The third kappa shape index (κ3) is 4.53. The standard InChI is InChI=1S/C16H21NO3/c1-17(15-7-10-19-13-15)8-11-20-16-6-2-4-14(12-16)5-3-9-18/h2,4,6,12,15,18H,7-11,13H2,1H3. The topological polar surface area (TPSA) is 41.9 Å². The van der Waals surface area contributed by atoms with Gasteiger partial charge in [-0.1, -0.05) is 17.9 Å². The Morgan fingerprint density at radius 2 is 2.40 bits per heavy atom. The third-order valence-electron chi connectivity index (χ3n) is 3.39. The number of likely N-dealkylation sites (N-methyl/N-ethyl adjacent to an activating group) is 1. The van der Waals surface area contributed by atoms with Gasteiger partial charge < -0.3 is 14.6 Å². The highest BCUT2D eigenvalue weighted by Gasteiger charge is 2.19. The van der Waals surface area contributed by atoms with E-state index in [1.54, 1.807) is 0 Å². The highest BCUT2D eigenvalue weighted by atomic mass is 16.5. The number of aliphatic hydroxyl groups excluding tert-OH is 1. The molecule has 0 radical (unpaired) electrons. The van der Waals surface area contributed by atoms with Crippen LogP contribution in [-0.4, -0.2) is 56.1 Å². The van der Waals surface area contributed by atoms with Gasteiger partial charge >= 0.3 is 0 Å². The molecular weight excluding hydrogens is 254 g/mol. The van der Waals surface area contributed by atoms with Crippen LogP contribution in [0.2, 0.25) is 0 Å². The van der Waals surface area contributed by atoms with Crippen LogP contribution >= 0.6 is 0 Å². The minimum Gasteiger partial charge on any atom is -0.492 e. The molecule has 1 aromatic carbocycles. The van der Waals surface area contributed by atoms with Gasteiger partial charge in [0.25, 0.3) is 0 Å². The normalized spacial score (nSPS) is 17.9. The van der Waals surface area contributed by atoms with Crippen LogP contribution in [-0.2, 0) is 4.74 Å². The quantitative estimate of drug-likeness (QED) is 0.818. The molecule has 1 saturated heterocycles. The predicted octanol–water partition coefficient (Wildman–Crippen LogP) is 1.13. The highest BCUT2D eigenvalue weighted by molar-refractivity contribution is 5.39. The van der Waals surface area contributed by atoms with Crippen molar-refractivity contribution in [3.05, 3.63) is 29.8 Å². The Labute approximate surface area is 120 Å². The largest absolute Gasteiger partial charge is 0.492 e. The first-order valence-electron chi connectivity index (χ1n) is 6.90. The molecule has 1 heterocycles. The Kier molecular flexibility index (Phi) is 5.87. The van der Waals surface area contributed by atoms with E-state index in [9.17, 15) is 0 Å². The van der Waals surface area contributed by atoms with Gasteiger partial charge in [-0.2, -0.15) is 0 Å². The van der Waals surface area contributed by atoms with E-state index in [4.69, 9.17) is 14.6 Å². The molecule has 0 spiro atoms. The lowest BCUT2D eigenvalue weighted by molar-refractivity contribution is 0.147. The summed E-state index contributed by atoms with van der Waals surface area (Å²) in [6.07, 6.45) is 1.10. The lowest BCUT2D eigenvalue weighted by Gasteiger charge is -2.22. The number of hydrogen-bond donors (Lipinski definition) is 1. The fourth-order valence-corrected chi connectivity index (χ4v) is 2.16. The molecule has 0 aromatic heterocycles. The Morgan fingerprint density at radius 3 is 3.15 bits per heavy atom. The summed E-state index contributed by atoms with van der Waals surface area (Å²) in [5.74, 6) is 6.31. The Balaban J connectivity index is 1.78. The summed E-state index contributed by atoms with van der Waals surface area (Å²) < 4.78 is 11.1. The average molecular weight is 275 g/mol. The van der Waals surface area contributed by atoms with Crippen molar-refractivity contribution in [2.24, 2.45) is 0 Å². The number of nitrogens with zero attached hydrogens (tertiary/aromatic N) is 1. The summed E-state index contributed by atoms with van der Waals surface area (Å²) >= 11 is 0. The number of hydrogen-bond acceptors (Lipinski definition) is 4. The van der Waals surface area contributed by atoms with Crippen LogP contribution in [0.1, 0.15) is 12.0 Å². The summed E-state index contributed by atoms with van der Waals surface area (Å²) in [5.41, 5.74) is 0.856. The lowest BCUT2D eigenvalue weighted by atomic mass is 10.2. The van der Waals surface area contributed by atoms with Gasteiger partial charge in [0, 0.05) is 24.8 Å². The van der Waals surface area contributed by atoms with Gasteiger partial charge in [0.05, 0.1) is 6.61 Å². The SMILES string of the molecule is CN(CCOc1cccc(C#CCO)c1)C1CCOC1. The van der Waals surface area contributed by atoms with E-state index in [2.05, 4.69) is 23.8 Å². The molecule has 0 amide bonds. The summed E-state index contributed by atoms with van der Waals surface area (Å²) in [6.45, 7) is 3.08. The van der Waals surface area contributed by atoms with Crippen LogP contribution in [0.15, 0.2) is 24.3 Å². The van der Waals surface area contributed by atoms with Gasteiger partial charge in [0.2, 0.25) is 0 Å². The van der Waals surface area contributed by atoms with E-state index in [1.165, 1.54) is 0 Å². The zero-order valence-corrected chi connectivity index (χ0v) is 11.8. The Bertz CT molecular complexity index is 472. The van der Waals surface area contributed by atoms with Crippen LogP contribution in [0.3, 0.4) is 0 Å². The van der Waals surface area contributed by atoms with Crippen LogP contribution in [0.25, 0.3) is 0 Å². The van der Waals surface area contributed by atoms with E-state index < -0.39 is 0 Å². The van der Waals surface area contributed by atoms with E-state index in [-0.39, 0.29) is 6.61 Å². The first-order valence-corrected chi connectivity index (χ1v) is 6.90. The monoisotopic (exact) mass is 275 g/mol. The number of aliphatic hydroxyl groups is 1. The molecule has 0 saturated carbocycles. The van der Waals surface area contributed by atoms with Gasteiger partial charge in [-0.05, 0) is 31.7 Å². The van der Waals surface area contributed by atoms with Crippen LogP contribution in [0.4, 0.5) is 0 Å². The van der Waals surface area contributed by atoms with Gasteiger partial charge in [-0.3, -0.25) is 4.90 Å². The molecule has 2 rings (SSSR count). The van der Waals surface area contributed by atoms with Crippen molar-refractivity contribution in [3.63, 3.8) is 0 Å². The van der Waals surface area contributed by atoms with Gasteiger partial charge in [0.15, 0.2) is 0 Å². The Hall–Kier alpha value is -1.54. The van der Waals surface area contributed by atoms with Crippen molar-refractivity contribution in [2.45, 2.75) is 12.5 Å². The molecule has 1 aromatic rings. The van der Waals surface area contributed by atoms with Gasteiger partial charge in [0.1, 0.15) is 19.0 Å². The maximum absolute atomic E-state index is 8.68. The fraction of sp³-hybridized carbons (Fsp3) is 0.500. The molecule has 108 valence electrons. The predicted molar refractivity (Wildman–Crippen MR) is 77.8 cm³/mol. The zero-order valence-electron chi connectivity index (χ0n) is 11.8. The van der Waals surface area contributed by atoms with Crippen LogP contribution < -0.4 is 4.74 Å². The van der Waals surface area contributed by atoms with Crippen molar-refractivity contribution in [1.82, 2.24) is 4.90 Å². The minimum absolute atomic E-state index is 0.126. The smallest absolute Gasteiger partial charge is 0.120 e. The maximum atomic E-state index is 8.68. The number of benzene rings is 1. The van der Waals surface area contributed by atoms with Gasteiger partial charge in [-0.25, -0.2) is 0 Å². The zero-order chi connectivity index (χ0) is 14.2. The summed E-state index contributed by atoms with van der Waals surface area (Å²) in [6, 6.07) is 8.13. The third-order valence-corrected chi connectivity index (χ3v) is 3.39. The number of ether oxygens (including phenoxy) is 2. The molecule has 1 fully saturated rings. The Morgan fingerprint density at radius 1 is 1.50 bits per heavy atom. The lowest BCUT2D eigenvalue weighted by Crippen LogP contribution is -2.35. The summed E-state index contributed by atoms with van der Waals surface area (Å²) in [4.78, 5) is 2.28. The first kappa shape index (κ1) is 14.9. The highest BCUT2D eigenvalue weighted by Crippen LogP contribution is 2.13. The van der Waals surface area contributed by atoms with Crippen molar-refractivity contribution in [3.8, 4) is 17.6 Å². The summed E-state index contributed by atoms with van der Waals surface area (Å²) in [7, 11) is 2.10. The molecule has 4 heteroatoms. The van der Waals surface area contributed by atoms with E-state index >= 15 is 0 Å². The van der Waals surface area contributed by atoms with Crippen molar-refractivity contribution >= 4 is 0 Å². The van der Waals surface area contributed by atoms with E-state index in [0.717, 1.165) is 37.5 Å². The molecule has 20 heavy (non-hydrogen) atoms. The van der Waals surface area contributed by atoms with Crippen molar-refractivity contribution in [1.29, 1.82) is 0 Å². The summed E-state index contributed by atoms with van der Waals surface area (Å²) in [5, 5.41) is 8.68. The molecular formula is C16H21NO3. The second kappa shape index (κ2) is 7.91. The van der Waals surface area contributed by atoms with E-state index in [1.807, 2.05) is 24.3 Å². The van der Waals surface area contributed by atoms with Gasteiger partial charge in [-0.15, -0.1) is 0 Å². The second-order valence-electron chi connectivity index (χ2n) is 4.83. The minimum atomic E-state index is -0.126.